The second-order valence-electron chi connectivity index (χ2n) is 4.24. The number of hydrogen-bond donors (Lipinski definition) is 1. The molecule has 0 aliphatic carbocycles. The molecule has 1 N–H and O–H groups in total. The van der Waals surface area contributed by atoms with E-state index in [1.807, 2.05) is 42.5 Å². The van der Waals surface area contributed by atoms with Crippen LogP contribution in [0.25, 0.3) is 0 Å². The van der Waals surface area contributed by atoms with E-state index in [-0.39, 0.29) is 12.4 Å². The van der Waals surface area contributed by atoms with E-state index in [2.05, 4.69) is 24.4 Å². The summed E-state index contributed by atoms with van der Waals surface area (Å²) in [6.07, 6.45) is 1.16. The zero-order valence-corrected chi connectivity index (χ0v) is 12.0. The molecule has 0 aromatic heterocycles. The van der Waals surface area contributed by atoms with Crippen molar-refractivity contribution in [2.45, 2.75) is 19.9 Å². The van der Waals surface area contributed by atoms with Gasteiger partial charge in [-0.2, -0.15) is 0 Å². The van der Waals surface area contributed by atoms with Crippen molar-refractivity contribution in [3.05, 3.63) is 60.2 Å². The summed E-state index contributed by atoms with van der Waals surface area (Å²) in [6.45, 7) is 4.14. The fourth-order valence-corrected chi connectivity index (χ4v) is 1.71. The van der Waals surface area contributed by atoms with Crippen LogP contribution in [0.4, 0.5) is 0 Å². The van der Waals surface area contributed by atoms with Gasteiger partial charge in [0.1, 0.15) is 11.5 Å². The highest BCUT2D eigenvalue weighted by Gasteiger charge is 1.97. The molecular weight excluding hydrogens is 258 g/mol. The van der Waals surface area contributed by atoms with Crippen LogP contribution in [0, 0.1) is 0 Å². The van der Waals surface area contributed by atoms with Gasteiger partial charge in [-0.05, 0) is 42.8 Å². The molecule has 0 amide bonds. The van der Waals surface area contributed by atoms with E-state index in [4.69, 9.17) is 4.74 Å². The minimum absolute atomic E-state index is 0. The summed E-state index contributed by atoms with van der Waals surface area (Å²) < 4.78 is 5.74. The van der Waals surface area contributed by atoms with Gasteiger partial charge >= 0.3 is 0 Å². The van der Waals surface area contributed by atoms with Gasteiger partial charge in [-0.1, -0.05) is 37.3 Å². The molecule has 0 heterocycles. The summed E-state index contributed by atoms with van der Waals surface area (Å²) in [7, 11) is 0. The van der Waals surface area contributed by atoms with Crippen LogP contribution in [0.1, 0.15) is 18.9 Å². The van der Waals surface area contributed by atoms with E-state index in [0.717, 1.165) is 31.0 Å². The molecule has 0 bridgehead atoms. The van der Waals surface area contributed by atoms with Crippen molar-refractivity contribution in [3.8, 4) is 11.5 Å². The van der Waals surface area contributed by atoms with Crippen molar-refractivity contribution >= 4 is 12.4 Å². The molecule has 102 valence electrons. The van der Waals surface area contributed by atoms with Crippen LogP contribution in [0.15, 0.2) is 54.6 Å². The number of nitrogens with one attached hydrogen (secondary N) is 1. The monoisotopic (exact) mass is 277 g/mol. The molecule has 2 rings (SSSR count). The van der Waals surface area contributed by atoms with Crippen molar-refractivity contribution in [2.24, 2.45) is 0 Å². The summed E-state index contributed by atoms with van der Waals surface area (Å²) >= 11 is 0. The van der Waals surface area contributed by atoms with Gasteiger partial charge < -0.3 is 10.1 Å². The molecule has 0 saturated heterocycles. The lowest BCUT2D eigenvalue weighted by Crippen LogP contribution is -2.13. The summed E-state index contributed by atoms with van der Waals surface area (Å²) in [5.74, 6) is 1.75. The molecular formula is C16H20ClNO. The minimum Gasteiger partial charge on any atom is -0.457 e. The van der Waals surface area contributed by atoms with E-state index in [9.17, 15) is 0 Å². The summed E-state index contributed by atoms with van der Waals surface area (Å²) in [6, 6.07) is 18.0. The van der Waals surface area contributed by atoms with Gasteiger partial charge in [-0.15, -0.1) is 12.4 Å². The van der Waals surface area contributed by atoms with Crippen LogP contribution < -0.4 is 10.1 Å². The van der Waals surface area contributed by atoms with Crippen molar-refractivity contribution < 1.29 is 4.74 Å². The summed E-state index contributed by atoms with van der Waals surface area (Å²) in [4.78, 5) is 0. The first kappa shape index (κ1) is 15.5. The largest absolute Gasteiger partial charge is 0.457 e. The minimum atomic E-state index is 0. The first-order valence-corrected chi connectivity index (χ1v) is 6.41. The Morgan fingerprint density at radius 3 is 2.16 bits per heavy atom. The first-order chi connectivity index (χ1) is 8.88. The highest BCUT2D eigenvalue weighted by atomic mass is 35.5. The smallest absolute Gasteiger partial charge is 0.127 e. The standard InChI is InChI=1S/C16H19NO.ClH/c1-2-12-17-13-14-8-10-16(11-9-14)18-15-6-4-3-5-7-15;/h3-11,17H,2,12-13H2,1H3;1H. The van der Waals surface area contributed by atoms with Gasteiger partial charge in [0, 0.05) is 6.54 Å². The third-order valence-corrected chi connectivity index (χ3v) is 2.66. The highest BCUT2D eigenvalue weighted by Crippen LogP contribution is 2.20. The molecule has 2 nitrogen and oxygen atoms in total. The SMILES string of the molecule is CCCNCc1ccc(Oc2ccccc2)cc1.Cl. The maximum atomic E-state index is 5.74. The quantitative estimate of drug-likeness (QED) is 0.790. The number of hydrogen-bond acceptors (Lipinski definition) is 2. The number of rotatable bonds is 6. The van der Waals surface area contributed by atoms with Crippen LogP contribution in [0.3, 0.4) is 0 Å². The van der Waals surface area contributed by atoms with E-state index in [0.29, 0.717) is 0 Å². The predicted molar refractivity (Wildman–Crippen MR) is 82.2 cm³/mol. The lowest BCUT2D eigenvalue weighted by atomic mass is 10.2. The van der Waals surface area contributed by atoms with Crippen LogP contribution in [-0.2, 0) is 6.54 Å². The second-order valence-corrected chi connectivity index (χ2v) is 4.24. The van der Waals surface area contributed by atoms with Gasteiger partial charge in [0.05, 0.1) is 0 Å². The van der Waals surface area contributed by atoms with Crippen LogP contribution in [-0.4, -0.2) is 6.54 Å². The average molecular weight is 278 g/mol. The summed E-state index contributed by atoms with van der Waals surface area (Å²) in [5.41, 5.74) is 1.28. The maximum Gasteiger partial charge on any atom is 0.127 e. The first-order valence-electron chi connectivity index (χ1n) is 6.41. The molecule has 0 spiro atoms. The Labute approximate surface area is 121 Å². The van der Waals surface area contributed by atoms with Gasteiger partial charge in [0.25, 0.3) is 0 Å². The van der Waals surface area contributed by atoms with Gasteiger partial charge in [-0.25, -0.2) is 0 Å². The Balaban J connectivity index is 0.00000180. The Morgan fingerprint density at radius 2 is 1.53 bits per heavy atom. The topological polar surface area (TPSA) is 21.3 Å². The van der Waals surface area contributed by atoms with Crippen LogP contribution >= 0.6 is 12.4 Å². The van der Waals surface area contributed by atoms with Gasteiger partial charge in [0.2, 0.25) is 0 Å². The number of benzene rings is 2. The molecule has 0 aliphatic rings. The third kappa shape index (κ3) is 5.33. The van der Waals surface area contributed by atoms with E-state index < -0.39 is 0 Å². The predicted octanol–water partition coefficient (Wildman–Crippen LogP) is 4.40. The molecule has 0 unspecified atom stereocenters. The van der Waals surface area contributed by atoms with E-state index in [1.54, 1.807) is 0 Å². The Hall–Kier alpha value is -1.51. The zero-order chi connectivity index (χ0) is 12.6. The van der Waals surface area contributed by atoms with Crippen molar-refractivity contribution in [1.82, 2.24) is 5.32 Å². The van der Waals surface area contributed by atoms with Crippen molar-refractivity contribution in [3.63, 3.8) is 0 Å². The zero-order valence-electron chi connectivity index (χ0n) is 11.1. The van der Waals surface area contributed by atoms with Crippen molar-refractivity contribution in [1.29, 1.82) is 0 Å². The number of para-hydroxylation sites is 1. The van der Waals surface area contributed by atoms with Crippen molar-refractivity contribution in [2.75, 3.05) is 6.54 Å². The van der Waals surface area contributed by atoms with Crippen LogP contribution in [0.2, 0.25) is 0 Å². The summed E-state index contributed by atoms with van der Waals surface area (Å²) in [5, 5.41) is 3.38. The van der Waals surface area contributed by atoms with E-state index >= 15 is 0 Å². The third-order valence-electron chi connectivity index (χ3n) is 2.66. The second kappa shape index (κ2) is 8.57. The van der Waals surface area contributed by atoms with Gasteiger partial charge in [0.15, 0.2) is 0 Å². The number of ether oxygens (including phenoxy) is 1. The lowest BCUT2D eigenvalue weighted by Gasteiger charge is -2.07. The van der Waals surface area contributed by atoms with Crippen LogP contribution in [0.5, 0.6) is 11.5 Å². The Bertz CT molecular complexity index is 456. The fraction of sp³-hybridized carbons (Fsp3) is 0.250. The number of halogens is 1. The average Bonchev–Trinajstić information content (AvgIpc) is 2.42. The normalized spacial score (nSPS) is 9.74. The van der Waals surface area contributed by atoms with Gasteiger partial charge in [-0.3, -0.25) is 0 Å². The molecule has 0 fully saturated rings. The molecule has 0 aliphatic heterocycles. The Morgan fingerprint density at radius 1 is 0.895 bits per heavy atom. The Kier molecular flexibility index (Phi) is 7.01. The highest BCUT2D eigenvalue weighted by molar-refractivity contribution is 5.85. The molecule has 0 saturated carbocycles. The molecule has 2 aromatic rings. The lowest BCUT2D eigenvalue weighted by molar-refractivity contribution is 0.482. The fourth-order valence-electron chi connectivity index (χ4n) is 1.71. The molecule has 0 atom stereocenters. The maximum absolute atomic E-state index is 5.74. The molecule has 3 heteroatoms. The molecule has 19 heavy (non-hydrogen) atoms. The molecule has 2 aromatic carbocycles. The van der Waals surface area contributed by atoms with E-state index in [1.165, 1.54) is 5.56 Å². The molecule has 0 radical (unpaired) electrons.